The van der Waals surface area contributed by atoms with Crippen LogP contribution in [0.4, 0.5) is 10.5 Å². The molecule has 0 fully saturated rings. The second kappa shape index (κ2) is 8.19. The van der Waals surface area contributed by atoms with Crippen LogP contribution in [-0.2, 0) is 14.3 Å². The largest absolute Gasteiger partial charge is 0.509 e. The van der Waals surface area contributed by atoms with Crippen LogP contribution in [0.25, 0.3) is 0 Å². The van der Waals surface area contributed by atoms with Gasteiger partial charge in [-0.05, 0) is 31.4 Å². The molecule has 0 radical (unpaired) electrons. The molecule has 1 N–H and O–H groups in total. The lowest BCUT2D eigenvalue weighted by molar-refractivity contribution is -0.126. The van der Waals surface area contributed by atoms with Gasteiger partial charge in [0.05, 0.1) is 6.61 Å². The maximum Gasteiger partial charge on any atom is 0.509 e. The number of carbonyl (C=O) groups excluding carboxylic acids is 2. The minimum Gasteiger partial charge on any atom is -0.435 e. The molecule has 0 aromatic heterocycles. The lowest BCUT2D eigenvalue weighted by atomic mass is 10.1. The number of anilines is 1. The molecule has 0 aliphatic rings. The smallest absolute Gasteiger partial charge is 0.435 e. The number of hydrogen-bond acceptors (Lipinski definition) is 4. The summed E-state index contributed by atoms with van der Waals surface area (Å²) in [5, 5.41) is 2.72. The van der Waals surface area contributed by atoms with Gasteiger partial charge in [0.1, 0.15) is 0 Å². The van der Waals surface area contributed by atoms with Crippen molar-refractivity contribution in [2.24, 2.45) is 5.92 Å². The van der Waals surface area contributed by atoms with Crippen LogP contribution >= 0.6 is 0 Å². The van der Waals surface area contributed by atoms with E-state index < -0.39 is 12.3 Å². The Morgan fingerprint density at radius 1 is 1.20 bits per heavy atom. The van der Waals surface area contributed by atoms with Crippen molar-refractivity contribution in [2.75, 3.05) is 11.9 Å². The average Bonchev–Trinajstić information content (AvgIpc) is 2.39. The number of amides is 1. The van der Waals surface area contributed by atoms with Crippen LogP contribution in [0.15, 0.2) is 30.3 Å². The van der Waals surface area contributed by atoms with Crippen molar-refractivity contribution < 1.29 is 19.1 Å². The first-order valence-corrected chi connectivity index (χ1v) is 6.72. The van der Waals surface area contributed by atoms with Gasteiger partial charge in [-0.15, -0.1) is 0 Å². The van der Waals surface area contributed by atoms with Crippen molar-refractivity contribution in [3.8, 4) is 0 Å². The van der Waals surface area contributed by atoms with Crippen molar-refractivity contribution in [1.29, 1.82) is 0 Å². The van der Waals surface area contributed by atoms with E-state index in [1.54, 1.807) is 19.1 Å². The van der Waals surface area contributed by atoms with Gasteiger partial charge in [0.15, 0.2) is 6.10 Å². The fourth-order valence-corrected chi connectivity index (χ4v) is 1.65. The van der Waals surface area contributed by atoms with Gasteiger partial charge < -0.3 is 14.8 Å². The summed E-state index contributed by atoms with van der Waals surface area (Å²) in [5.41, 5.74) is 0.665. The zero-order valence-corrected chi connectivity index (χ0v) is 12.1. The van der Waals surface area contributed by atoms with Crippen LogP contribution in [-0.4, -0.2) is 24.8 Å². The topological polar surface area (TPSA) is 64.6 Å². The highest BCUT2D eigenvalue weighted by molar-refractivity contribution is 5.95. The molecule has 0 saturated heterocycles. The van der Waals surface area contributed by atoms with Gasteiger partial charge in [-0.1, -0.05) is 32.0 Å². The Morgan fingerprint density at radius 2 is 1.85 bits per heavy atom. The summed E-state index contributed by atoms with van der Waals surface area (Å²) in [4.78, 5) is 23.5. The Kier molecular flexibility index (Phi) is 6.56. The van der Waals surface area contributed by atoms with Crippen LogP contribution in [0.2, 0.25) is 0 Å². The number of nitrogens with one attached hydrogen (secondary N) is 1. The van der Waals surface area contributed by atoms with E-state index >= 15 is 0 Å². The summed E-state index contributed by atoms with van der Waals surface area (Å²) < 4.78 is 9.78. The predicted molar refractivity (Wildman–Crippen MR) is 76.4 cm³/mol. The van der Waals surface area contributed by atoms with E-state index in [1.807, 2.05) is 32.0 Å². The lowest BCUT2D eigenvalue weighted by Gasteiger charge is -2.18. The van der Waals surface area contributed by atoms with E-state index in [-0.39, 0.29) is 18.4 Å². The van der Waals surface area contributed by atoms with Gasteiger partial charge >= 0.3 is 6.16 Å². The van der Waals surface area contributed by atoms with Crippen LogP contribution in [0.3, 0.4) is 0 Å². The van der Waals surface area contributed by atoms with Gasteiger partial charge in [0.25, 0.3) is 5.91 Å². The number of ether oxygens (including phenoxy) is 2. The molecule has 110 valence electrons. The molecule has 1 unspecified atom stereocenters. The van der Waals surface area contributed by atoms with Gasteiger partial charge in [-0.25, -0.2) is 4.79 Å². The monoisotopic (exact) mass is 279 g/mol. The molecule has 0 bridgehead atoms. The van der Waals surface area contributed by atoms with Gasteiger partial charge in [0, 0.05) is 5.69 Å². The van der Waals surface area contributed by atoms with Crippen LogP contribution in [0.5, 0.6) is 0 Å². The molecular weight excluding hydrogens is 258 g/mol. The van der Waals surface area contributed by atoms with Crippen molar-refractivity contribution in [2.45, 2.75) is 33.3 Å². The van der Waals surface area contributed by atoms with Gasteiger partial charge in [-0.2, -0.15) is 0 Å². The first-order valence-electron chi connectivity index (χ1n) is 6.72. The Labute approximate surface area is 119 Å². The summed E-state index contributed by atoms with van der Waals surface area (Å²) in [6.45, 7) is 5.81. The zero-order chi connectivity index (χ0) is 15.0. The summed E-state index contributed by atoms with van der Waals surface area (Å²) in [5.74, 6) is -0.131. The molecule has 20 heavy (non-hydrogen) atoms. The third-order valence-corrected chi connectivity index (χ3v) is 2.52. The van der Waals surface area contributed by atoms with Crippen LogP contribution < -0.4 is 5.32 Å². The number of benzene rings is 1. The quantitative estimate of drug-likeness (QED) is 0.812. The van der Waals surface area contributed by atoms with Crippen molar-refractivity contribution in [1.82, 2.24) is 0 Å². The third kappa shape index (κ3) is 5.73. The van der Waals surface area contributed by atoms with E-state index in [9.17, 15) is 9.59 Å². The Bertz CT molecular complexity index is 431. The molecular formula is C15H21NO4. The molecule has 1 atom stereocenters. The lowest BCUT2D eigenvalue weighted by Crippen LogP contribution is -2.34. The summed E-state index contributed by atoms with van der Waals surface area (Å²) in [6.07, 6.45) is -1.23. The highest BCUT2D eigenvalue weighted by Gasteiger charge is 2.24. The summed E-state index contributed by atoms with van der Waals surface area (Å²) >= 11 is 0. The van der Waals surface area contributed by atoms with E-state index in [2.05, 4.69) is 5.32 Å². The second-order valence-corrected chi connectivity index (χ2v) is 4.77. The molecule has 1 aromatic carbocycles. The number of hydrogen-bond donors (Lipinski definition) is 1. The zero-order valence-electron chi connectivity index (χ0n) is 12.1. The highest BCUT2D eigenvalue weighted by Crippen LogP contribution is 2.13. The predicted octanol–water partition coefficient (Wildman–Crippen LogP) is 3.21. The first kappa shape index (κ1) is 16.0. The molecule has 1 amide bonds. The Hall–Kier alpha value is -2.04. The molecule has 1 aromatic rings. The fourth-order valence-electron chi connectivity index (χ4n) is 1.65. The number of rotatable bonds is 6. The second-order valence-electron chi connectivity index (χ2n) is 4.77. The third-order valence-electron chi connectivity index (χ3n) is 2.52. The average molecular weight is 279 g/mol. The minimum atomic E-state index is -0.853. The van der Waals surface area contributed by atoms with Gasteiger partial charge in [0.2, 0.25) is 0 Å². The molecule has 0 aliphatic heterocycles. The van der Waals surface area contributed by atoms with E-state index in [4.69, 9.17) is 9.47 Å². The van der Waals surface area contributed by atoms with Crippen molar-refractivity contribution in [3.63, 3.8) is 0 Å². The standard InChI is InChI=1S/C15H21NO4/c1-4-19-15(18)20-13(10-11(2)3)14(17)16-12-8-6-5-7-9-12/h5-9,11,13H,4,10H2,1-3H3,(H,16,17). The molecule has 0 saturated carbocycles. The van der Waals surface area contributed by atoms with E-state index in [1.165, 1.54) is 0 Å². The maximum absolute atomic E-state index is 12.1. The van der Waals surface area contributed by atoms with Crippen LogP contribution in [0.1, 0.15) is 27.2 Å². The molecule has 5 nitrogen and oxygen atoms in total. The molecule has 0 aliphatic carbocycles. The Balaban J connectivity index is 2.66. The maximum atomic E-state index is 12.1. The molecule has 0 heterocycles. The Morgan fingerprint density at radius 3 is 2.40 bits per heavy atom. The molecule has 1 rings (SSSR count). The van der Waals surface area contributed by atoms with E-state index in [0.29, 0.717) is 12.1 Å². The number of carbonyl (C=O) groups is 2. The fraction of sp³-hybridized carbons (Fsp3) is 0.467. The van der Waals surface area contributed by atoms with E-state index in [0.717, 1.165) is 0 Å². The normalized spacial score (nSPS) is 11.8. The van der Waals surface area contributed by atoms with Gasteiger partial charge in [-0.3, -0.25) is 4.79 Å². The minimum absolute atomic E-state index is 0.216. The summed E-state index contributed by atoms with van der Waals surface area (Å²) in [7, 11) is 0. The SMILES string of the molecule is CCOC(=O)OC(CC(C)C)C(=O)Nc1ccccc1. The van der Waals surface area contributed by atoms with Crippen LogP contribution in [0, 0.1) is 5.92 Å². The first-order chi connectivity index (χ1) is 9.52. The molecule has 5 heteroatoms. The number of para-hydroxylation sites is 1. The highest BCUT2D eigenvalue weighted by atomic mass is 16.7. The van der Waals surface area contributed by atoms with Crippen molar-refractivity contribution >= 4 is 17.7 Å². The van der Waals surface area contributed by atoms with Crippen molar-refractivity contribution in [3.05, 3.63) is 30.3 Å². The summed E-state index contributed by atoms with van der Waals surface area (Å²) in [6, 6.07) is 9.04. The molecule has 0 spiro atoms.